The van der Waals surface area contributed by atoms with Crippen molar-refractivity contribution in [3.8, 4) is 17.2 Å². The Morgan fingerprint density at radius 2 is 1.58 bits per heavy atom. The van der Waals surface area contributed by atoms with Crippen LogP contribution < -0.4 is 9.47 Å². The molecule has 2 rings (SSSR count). The fourth-order valence-corrected chi connectivity index (χ4v) is 2.41. The average molecular weight is 346 g/mol. The van der Waals surface area contributed by atoms with Crippen LogP contribution in [0.25, 0.3) is 0 Å². The van der Waals surface area contributed by atoms with Gasteiger partial charge >= 0.3 is 0 Å². The lowest BCUT2D eigenvalue weighted by Crippen LogP contribution is -2.59. The largest absolute Gasteiger partial charge is 0.502 e. The standard InChI is InChI=1S/C15H22O9/c1-21-8-3-7(4-9(22-2)11(8)17)6-23-15-14(20)13(19)12(18)10(5-16)24-15/h3-4,10,12-20H,5-6H2,1-2H3/t10-,12-,13+,14-,15-/m1/s1. The quantitative estimate of drug-likeness (QED) is 0.426. The molecular formula is C15H22O9. The van der Waals surface area contributed by atoms with Gasteiger partial charge in [-0.2, -0.15) is 0 Å². The van der Waals surface area contributed by atoms with Crippen molar-refractivity contribution < 1.29 is 44.5 Å². The Morgan fingerprint density at radius 3 is 2.08 bits per heavy atom. The fraction of sp³-hybridized carbons (Fsp3) is 0.600. The molecule has 5 atom stereocenters. The van der Waals surface area contributed by atoms with Gasteiger partial charge in [-0.3, -0.25) is 0 Å². The molecule has 0 spiro atoms. The van der Waals surface area contributed by atoms with E-state index in [0.29, 0.717) is 5.56 Å². The molecule has 9 nitrogen and oxygen atoms in total. The Bertz CT molecular complexity index is 523. The molecule has 0 radical (unpaired) electrons. The van der Waals surface area contributed by atoms with E-state index in [2.05, 4.69) is 0 Å². The van der Waals surface area contributed by atoms with Crippen molar-refractivity contribution in [3.05, 3.63) is 17.7 Å². The molecule has 0 unspecified atom stereocenters. The van der Waals surface area contributed by atoms with Crippen LogP contribution in [0.4, 0.5) is 0 Å². The van der Waals surface area contributed by atoms with E-state index in [-0.39, 0.29) is 23.9 Å². The van der Waals surface area contributed by atoms with Crippen LogP contribution in [0.1, 0.15) is 5.56 Å². The number of phenols is 1. The Labute approximate surface area is 138 Å². The highest BCUT2D eigenvalue weighted by atomic mass is 16.7. The maximum Gasteiger partial charge on any atom is 0.200 e. The number of hydrogen-bond acceptors (Lipinski definition) is 9. The summed E-state index contributed by atoms with van der Waals surface area (Å²) in [5.41, 5.74) is 0.554. The SMILES string of the molecule is COc1cc(CO[C@@H]2O[C@H](CO)[C@@H](O)[C@H](O)[C@H]2O)cc(OC)c1O. The summed E-state index contributed by atoms with van der Waals surface area (Å²) in [6.45, 7) is -0.596. The van der Waals surface area contributed by atoms with Crippen LogP contribution in [-0.2, 0) is 16.1 Å². The van der Waals surface area contributed by atoms with Crippen molar-refractivity contribution >= 4 is 0 Å². The lowest BCUT2D eigenvalue weighted by Gasteiger charge is -2.39. The van der Waals surface area contributed by atoms with E-state index in [1.54, 1.807) is 0 Å². The van der Waals surface area contributed by atoms with Gasteiger partial charge in [-0.15, -0.1) is 0 Å². The van der Waals surface area contributed by atoms with E-state index in [0.717, 1.165) is 0 Å². The molecule has 24 heavy (non-hydrogen) atoms. The minimum absolute atomic E-state index is 0.0598. The van der Waals surface area contributed by atoms with E-state index in [1.807, 2.05) is 0 Å². The summed E-state index contributed by atoms with van der Waals surface area (Å²) in [6.07, 6.45) is -6.73. The maximum absolute atomic E-state index is 9.91. The zero-order valence-corrected chi connectivity index (χ0v) is 13.3. The molecule has 1 aliphatic rings. The number of aliphatic hydroxyl groups is 4. The summed E-state index contributed by atoms with van der Waals surface area (Å²) in [6, 6.07) is 3.03. The lowest BCUT2D eigenvalue weighted by atomic mass is 9.99. The van der Waals surface area contributed by atoms with Gasteiger partial charge in [-0.25, -0.2) is 0 Å². The summed E-state index contributed by atoms with van der Waals surface area (Å²) >= 11 is 0. The number of aromatic hydroxyl groups is 1. The Hall–Kier alpha value is -1.62. The molecule has 0 aromatic heterocycles. The van der Waals surface area contributed by atoms with E-state index < -0.39 is 37.3 Å². The molecule has 0 amide bonds. The monoisotopic (exact) mass is 346 g/mol. The van der Waals surface area contributed by atoms with Gasteiger partial charge in [0.05, 0.1) is 27.4 Å². The molecule has 136 valence electrons. The van der Waals surface area contributed by atoms with Gasteiger partial charge in [0.1, 0.15) is 24.4 Å². The zero-order valence-electron chi connectivity index (χ0n) is 13.3. The Balaban J connectivity index is 2.09. The highest BCUT2D eigenvalue weighted by Gasteiger charge is 2.44. The summed E-state index contributed by atoms with van der Waals surface area (Å²) in [5, 5.41) is 48.4. The second-order valence-corrected chi connectivity index (χ2v) is 5.36. The van der Waals surface area contributed by atoms with Crippen molar-refractivity contribution in [1.29, 1.82) is 0 Å². The summed E-state index contributed by atoms with van der Waals surface area (Å²) in [7, 11) is 2.77. The summed E-state index contributed by atoms with van der Waals surface area (Å²) in [4.78, 5) is 0. The topological polar surface area (TPSA) is 138 Å². The third kappa shape index (κ3) is 3.72. The first kappa shape index (κ1) is 18.7. The van der Waals surface area contributed by atoms with Crippen molar-refractivity contribution in [2.24, 2.45) is 0 Å². The molecule has 1 heterocycles. The number of methoxy groups -OCH3 is 2. The average Bonchev–Trinajstić information content (AvgIpc) is 2.60. The number of hydrogen-bond donors (Lipinski definition) is 5. The molecule has 1 aromatic carbocycles. The van der Waals surface area contributed by atoms with E-state index >= 15 is 0 Å². The van der Waals surface area contributed by atoms with Crippen LogP contribution in [0, 0.1) is 0 Å². The number of ether oxygens (including phenoxy) is 4. The van der Waals surface area contributed by atoms with Crippen LogP contribution in [0.2, 0.25) is 0 Å². The molecule has 0 aliphatic carbocycles. The fourth-order valence-electron chi connectivity index (χ4n) is 2.41. The zero-order chi connectivity index (χ0) is 17.9. The van der Waals surface area contributed by atoms with Gasteiger partial charge in [-0.1, -0.05) is 0 Å². The van der Waals surface area contributed by atoms with Gasteiger partial charge in [0.25, 0.3) is 0 Å². The summed E-state index contributed by atoms with van der Waals surface area (Å²) in [5.74, 6) is 0.208. The van der Waals surface area contributed by atoms with Crippen LogP contribution in [0.3, 0.4) is 0 Å². The van der Waals surface area contributed by atoms with E-state index in [4.69, 9.17) is 24.1 Å². The number of phenolic OH excluding ortho intramolecular Hbond substituents is 1. The lowest BCUT2D eigenvalue weighted by molar-refractivity contribution is -0.304. The third-order valence-corrected chi connectivity index (χ3v) is 3.80. The second kappa shape index (κ2) is 7.97. The van der Waals surface area contributed by atoms with Gasteiger partial charge in [0, 0.05) is 0 Å². The Morgan fingerprint density at radius 1 is 1.00 bits per heavy atom. The Kier molecular flexibility index (Phi) is 6.21. The van der Waals surface area contributed by atoms with Crippen molar-refractivity contribution in [1.82, 2.24) is 0 Å². The first-order valence-corrected chi connectivity index (χ1v) is 7.28. The maximum atomic E-state index is 9.91. The van der Waals surface area contributed by atoms with Crippen molar-refractivity contribution in [2.45, 2.75) is 37.3 Å². The van der Waals surface area contributed by atoms with E-state index in [1.165, 1.54) is 26.4 Å². The van der Waals surface area contributed by atoms with Gasteiger partial charge in [-0.05, 0) is 17.7 Å². The van der Waals surface area contributed by atoms with Crippen molar-refractivity contribution in [3.63, 3.8) is 0 Å². The number of rotatable bonds is 6. The second-order valence-electron chi connectivity index (χ2n) is 5.36. The van der Waals surface area contributed by atoms with Crippen LogP contribution in [-0.4, -0.2) is 77.1 Å². The molecule has 9 heteroatoms. The van der Waals surface area contributed by atoms with E-state index in [9.17, 15) is 20.4 Å². The third-order valence-electron chi connectivity index (χ3n) is 3.80. The molecular weight excluding hydrogens is 324 g/mol. The number of aliphatic hydroxyl groups excluding tert-OH is 4. The van der Waals surface area contributed by atoms with Crippen molar-refractivity contribution in [2.75, 3.05) is 20.8 Å². The normalized spacial score (nSPS) is 30.2. The smallest absolute Gasteiger partial charge is 0.200 e. The molecule has 5 N–H and O–H groups in total. The van der Waals surface area contributed by atoms with Crippen LogP contribution in [0.5, 0.6) is 17.2 Å². The van der Waals surface area contributed by atoms with Crippen LogP contribution in [0.15, 0.2) is 12.1 Å². The molecule has 1 saturated heterocycles. The van der Waals surface area contributed by atoms with Crippen LogP contribution >= 0.6 is 0 Å². The number of benzene rings is 1. The molecule has 0 bridgehead atoms. The van der Waals surface area contributed by atoms with Gasteiger partial charge < -0.3 is 44.5 Å². The minimum Gasteiger partial charge on any atom is -0.502 e. The highest BCUT2D eigenvalue weighted by Crippen LogP contribution is 2.37. The molecule has 1 aliphatic heterocycles. The highest BCUT2D eigenvalue weighted by molar-refractivity contribution is 5.52. The first-order valence-electron chi connectivity index (χ1n) is 7.28. The molecule has 0 saturated carbocycles. The molecule has 1 fully saturated rings. The van der Waals surface area contributed by atoms with Gasteiger partial charge in [0.15, 0.2) is 17.8 Å². The first-order chi connectivity index (χ1) is 11.4. The predicted molar refractivity (Wildman–Crippen MR) is 79.8 cm³/mol. The predicted octanol–water partition coefficient (Wildman–Crippen LogP) is -1.27. The van der Waals surface area contributed by atoms with Gasteiger partial charge in [0.2, 0.25) is 5.75 Å². The molecule has 1 aromatic rings. The summed E-state index contributed by atoms with van der Waals surface area (Å²) < 4.78 is 20.7. The minimum atomic E-state index is -1.51.